The van der Waals surface area contributed by atoms with Crippen molar-refractivity contribution in [2.24, 2.45) is 0 Å². The smallest absolute Gasteiger partial charge is 0.400 e. The second kappa shape index (κ2) is 6.76. The molecule has 2 N–H and O–H groups in total. The van der Waals surface area contributed by atoms with E-state index >= 15 is 0 Å². The number of carbonyl (C=O) groups excluding carboxylic acids is 1. The fourth-order valence-corrected chi connectivity index (χ4v) is 3.23. The van der Waals surface area contributed by atoms with Gasteiger partial charge < -0.3 is 19.6 Å². The summed E-state index contributed by atoms with van der Waals surface area (Å²) in [6, 6.07) is 5.64. The number of nitrogens with two attached hydrogens (primary N) is 1. The van der Waals surface area contributed by atoms with Crippen LogP contribution in [-0.2, 0) is 14.1 Å². The molecule has 0 spiro atoms. The molecule has 0 unspecified atom stereocenters. The lowest BCUT2D eigenvalue weighted by Crippen LogP contribution is -2.41. The topological polar surface area (TPSA) is 87.6 Å². The summed E-state index contributed by atoms with van der Waals surface area (Å²) in [4.78, 5) is 11.5. The molecule has 0 bridgehead atoms. The van der Waals surface area contributed by atoms with Crippen LogP contribution in [0.2, 0.25) is 0 Å². The van der Waals surface area contributed by atoms with Crippen LogP contribution in [0.15, 0.2) is 28.2 Å². The fraction of sp³-hybridized carbons (Fsp3) is 0.444. The van der Waals surface area contributed by atoms with Crippen LogP contribution in [0.4, 0.5) is 5.82 Å². The van der Waals surface area contributed by atoms with Gasteiger partial charge in [0.05, 0.1) is 16.6 Å². The first-order chi connectivity index (χ1) is 12.1. The number of anilines is 1. The second-order valence-corrected chi connectivity index (χ2v) is 8.56. The van der Waals surface area contributed by atoms with Gasteiger partial charge in [-0.1, -0.05) is 29.1 Å². The van der Waals surface area contributed by atoms with Crippen molar-refractivity contribution in [1.29, 1.82) is 0 Å². The standard InChI is InChI=1S/C18H23BN2O4S/c1-11(22)26-10-13(19-24-17(2,3)18(4,5)25-19)8-12-6-7-15-14(9-12)16(20)21-23-15/h6-9H,10H2,1-5H3,(H2,20,21). The number of rotatable bonds is 4. The van der Waals surface area contributed by atoms with Gasteiger partial charge >= 0.3 is 7.12 Å². The van der Waals surface area contributed by atoms with E-state index in [-0.39, 0.29) is 5.12 Å². The van der Waals surface area contributed by atoms with Crippen LogP contribution in [-0.4, -0.2) is 34.3 Å². The zero-order valence-electron chi connectivity index (χ0n) is 15.7. The lowest BCUT2D eigenvalue weighted by molar-refractivity contribution is -0.109. The Morgan fingerprint density at radius 2 is 1.92 bits per heavy atom. The van der Waals surface area contributed by atoms with Gasteiger partial charge in [-0.2, -0.15) is 0 Å². The van der Waals surface area contributed by atoms with Crippen LogP contribution in [0.25, 0.3) is 17.0 Å². The molecule has 6 nitrogen and oxygen atoms in total. The number of hydrogen-bond donors (Lipinski definition) is 1. The van der Waals surface area contributed by atoms with Crippen molar-refractivity contribution < 1.29 is 18.6 Å². The van der Waals surface area contributed by atoms with Gasteiger partial charge in [-0.05, 0) is 50.9 Å². The molecule has 1 aliphatic heterocycles. The van der Waals surface area contributed by atoms with E-state index in [0.29, 0.717) is 17.2 Å². The van der Waals surface area contributed by atoms with Gasteiger partial charge in [0.15, 0.2) is 16.5 Å². The zero-order valence-corrected chi connectivity index (χ0v) is 16.5. The molecule has 8 heteroatoms. The van der Waals surface area contributed by atoms with Gasteiger partial charge in [0.25, 0.3) is 0 Å². The van der Waals surface area contributed by atoms with E-state index in [1.54, 1.807) is 6.92 Å². The molecule has 0 aliphatic carbocycles. The van der Waals surface area contributed by atoms with Crippen molar-refractivity contribution in [2.75, 3.05) is 11.5 Å². The number of aromatic nitrogens is 1. The van der Waals surface area contributed by atoms with Gasteiger partial charge in [0, 0.05) is 12.7 Å². The Balaban J connectivity index is 1.95. The summed E-state index contributed by atoms with van der Waals surface area (Å²) in [6.45, 7) is 9.58. The predicted molar refractivity (Wildman–Crippen MR) is 106 cm³/mol. The molecule has 1 aliphatic rings. The third-order valence-electron chi connectivity index (χ3n) is 4.87. The molecular formula is C18H23BN2O4S. The average Bonchev–Trinajstić information content (AvgIpc) is 3.00. The van der Waals surface area contributed by atoms with Crippen molar-refractivity contribution in [1.82, 2.24) is 5.16 Å². The Kier molecular flexibility index (Phi) is 4.94. The number of thioether (sulfide) groups is 1. The first kappa shape index (κ1) is 19.0. The van der Waals surface area contributed by atoms with Crippen molar-refractivity contribution in [3.8, 4) is 0 Å². The van der Waals surface area contributed by atoms with E-state index in [1.807, 2.05) is 52.0 Å². The third-order valence-corrected chi connectivity index (χ3v) is 5.76. The molecule has 0 atom stereocenters. The molecule has 1 saturated heterocycles. The lowest BCUT2D eigenvalue weighted by Gasteiger charge is -2.32. The minimum Gasteiger partial charge on any atom is -0.400 e. The van der Waals surface area contributed by atoms with Crippen LogP contribution in [0, 0.1) is 0 Å². The summed E-state index contributed by atoms with van der Waals surface area (Å²) >= 11 is 1.23. The molecule has 2 heterocycles. The number of nitrogens with zero attached hydrogens (tertiary/aromatic N) is 1. The third kappa shape index (κ3) is 3.67. The van der Waals surface area contributed by atoms with E-state index in [2.05, 4.69) is 5.16 Å². The van der Waals surface area contributed by atoms with Gasteiger partial charge in [-0.25, -0.2) is 0 Å². The first-order valence-corrected chi connectivity index (χ1v) is 9.42. The number of benzene rings is 1. The number of fused-ring (bicyclic) bond motifs is 1. The average molecular weight is 374 g/mol. The molecule has 1 fully saturated rings. The van der Waals surface area contributed by atoms with E-state index < -0.39 is 18.3 Å². The Hall–Kier alpha value is -1.77. The summed E-state index contributed by atoms with van der Waals surface area (Å²) in [5.41, 5.74) is 7.40. The SMILES string of the molecule is CC(=O)SCC(=Cc1ccc2onc(N)c2c1)B1OC(C)(C)C(C)(C)O1. The minimum absolute atomic E-state index is 0.0474. The van der Waals surface area contributed by atoms with Crippen molar-refractivity contribution >= 4 is 46.9 Å². The highest BCUT2D eigenvalue weighted by molar-refractivity contribution is 8.13. The molecule has 3 rings (SSSR count). The molecule has 0 radical (unpaired) electrons. The second-order valence-electron chi connectivity index (χ2n) is 7.41. The normalized spacial score (nSPS) is 19.3. The van der Waals surface area contributed by atoms with Crippen LogP contribution in [0.3, 0.4) is 0 Å². The largest absolute Gasteiger partial charge is 0.491 e. The van der Waals surface area contributed by atoms with Crippen molar-refractivity contribution in [3.63, 3.8) is 0 Å². The molecule has 138 valence electrons. The molecule has 0 saturated carbocycles. The number of hydrogen-bond acceptors (Lipinski definition) is 7. The molecule has 0 amide bonds. The zero-order chi connectivity index (χ0) is 19.1. The molecular weight excluding hydrogens is 351 g/mol. The first-order valence-electron chi connectivity index (χ1n) is 8.43. The van der Waals surface area contributed by atoms with Crippen LogP contribution in [0.1, 0.15) is 40.2 Å². The fourth-order valence-electron chi connectivity index (χ4n) is 2.64. The summed E-state index contributed by atoms with van der Waals surface area (Å²) < 4.78 is 17.5. The van der Waals surface area contributed by atoms with Crippen LogP contribution < -0.4 is 5.73 Å². The Morgan fingerprint density at radius 3 is 2.54 bits per heavy atom. The van der Waals surface area contributed by atoms with Gasteiger partial charge in [0.1, 0.15) is 0 Å². The Bertz CT molecular complexity index is 859. The van der Waals surface area contributed by atoms with Crippen LogP contribution >= 0.6 is 11.8 Å². The van der Waals surface area contributed by atoms with Gasteiger partial charge in [-0.15, -0.1) is 0 Å². The molecule has 1 aromatic heterocycles. The maximum absolute atomic E-state index is 11.5. The highest BCUT2D eigenvalue weighted by Crippen LogP contribution is 2.39. The van der Waals surface area contributed by atoms with Crippen LogP contribution in [0.5, 0.6) is 0 Å². The number of carbonyl (C=O) groups is 1. The monoisotopic (exact) mass is 374 g/mol. The summed E-state index contributed by atoms with van der Waals surface area (Å²) in [5, 5.41) is 4.58. The quantitative estimate of drug-likeness (QED) is 0.817. The Labute approximate surface area is 157 Å². The van der Waals surface area contributed by atoms with Gasteiger partial charge in [0.2, 0.25) is 0 Å². The maximum atomic E-state index is 11.5. The molecule has 26 heavy (non-hydrogen) atoms. The molecule has 1 aromatic carbocycles. The van der Waals surface area contributed by atoms with E-state index in [9.17, 15) is 4.79 Å². The Morgan fingerprint density at radius 1 is 1.27 bits per heavy atom. The summed E-state index contributed by atoms with van der Waals surface area (Å²) in [5.74, 6) is 0.842. The van der Waals surface area contributed by atoms with Crippen molar-refractivity contribution in [3.05, 3.63) is 29.2 Å². The van der Waals surface area contributed by atoms with E-state index in [0.717, 1.165) is 16.4 Å². The van der Waals surface area contributed by atoms with Gasteiger partial charge in [-0.3, -0.25) is 4.79 Å². The highest BCUT2D eigenvalue weighted by Gasteiger charge is 2.52. The number of nitrogen functional groups attached to an aromatic ring is 1. The highest BCUT2D eigenvalue weighted by atomic mass is 32.2. The van der Waals surface area contributed by atoms with Crippen molar-refractivity contribution in [2.45, 2.75) is 45.8 Å². The predicted octanol–water partition coefficient (Wildman–Crippen LogP) is 3.70. The summed E-state index contributed by atoms with van der Waals surface area (Å²) in [7, 11) is -0.512. The minimum atomic E-state index is -0.512. The van der Waals surface area contributed by atoms with E-state index in [4.69, 9.17) is 19.6 Å². The maximum Gasteiger partial charge on any atom is 0.491 e. The van der Waals surface area contributed by atoms with E-state index in [1.165, 1.54) is 11.8 Å². The molecule has 2 aromatic rings. The lowest BCUT2D eigenvalue weighted by atomic mass is 9.78. The summed E-state index contributed by atoms with van der Waals surface area (Å²) in [6.07, 6.45) is 1.98.